The molecule has 0 bridgehead atoms. The number of aliphatic hydroxyl groups excluding tert-OH is 1. The molecule has 3 nitrogen and oxygen atoms in total. The summed E-state index contributed by atoms with van der Waals surface area (Å²) < 4.78 is 36.2. The van der Waals surface area contributed by atoms with Crippen LogP contribution in [-0.2, 0) is 12.5 Å². The maximum atomic E-state index is 13.1. The Morgan fingerprint density at radius 2 is 1.88 bits per heavy atom. The second-order valence-corrected chi connectivity index (χ2v) is 3.42. The largest absolute Gasteiger partial charge is 0.493 e. The normalized spacial score (nSPS) is 11.4. The van der Waals surface area contributed by atoms with Crippen LogP contribution < -0.4 is 9.47 Å². The minimum atomic E-state index is -2.98. The van der Waals surface area contributed by atoms with Crippen LogP contribution in [0.1, 0.15) is 18.1 Å². The van der Waals surface area contributed by atoms with E-state index in [1.165, 1.54) is 26.4 Å². The fraction of sp³-hybridized carbons (Fsp3) is 0.455. The van der Waals surface area contributed by atoms with E-state index in [1.807, 2.05) is 0 Å². The summed E-state index contributed by atoms with van der Waals surface area (Å²) in [7, 11) is 2.75. The van der Waals surface area contributed by atoms with Crippen LogP contribution in [0.4, 0.5) is 8.78 Å². The van der Waals surface area contributed by atoms with Crippen molar-refractivity contribution in [3.63, 3.8) is 0 Å². The third-order valence-corrected chi connectivity index (χ3v) is 2.23. The average molecular weight is 232 g/mol. The minimum Gasteiger partial charge on any atom is -0.493 e. The molecule has 1 rings (SSSR count). The fourth-order valence-corrected chi connectivity index (χ4v) is 1.41. The molecule has 0 heterocycles. The molecule has 5 heteroatoms. The lowest BCUT2D eigenvalue weighted by molar-refractivity contribution is 0.0170. The Balaban J connectivity index is 3.37. The molecule has 0 saturated carbocycles. The monoisotopic (exact) mass is 232 g/mol. The molecular formula is C11H14F2O3. The molecule has 0 unspecified atom stereocenters. The Morgan fingerprint density at radius 3 is 2.25 bits per heavy atom. The molecule has 0 aromatic heterocycles. The molecule has 1 aromatic carbocycles. The summed E-state index contributed by atoms with van der Waals surface area (Å²) in [5.74, 6) is -2.52. The zero-order valence-corrected chi connectivity index (χ0v) is 9.38. The number of benzene rings is 1. The Labute approximate surface area is 92.6 Å². The van der Waals surface area contributed by atoms with Crippen LogP contribution in [0.25, 0.3) is 0 Å². The van der Waals surface area contributed by atoms with Crippen LogP contribution in [0.15, 0.2) is 12.1 Å². The first-order valence-electron chi connectivity index (χ1n) is 4.68. The van der Waals surface area contributed by atoms with Gasteiger partial charge in [0.15, 0.2) is 11.5 Å². The van der Waals surface area contributed by atoms with Crippen molar-refractivity contribution < 1.29 is 23.4 Å². The van der Waals surface area contributed by atoms with E-state index in [-0.39, 0.29) is 29.2 Å². The highest BCUT2D eigenvalue weighted by atomic mass is 19.3. The number of rotatable bonds is 4. The van der Waals surface area contributed by atoms with Crippen LogP contribution in [0.2, 0.25) is 0 Å². The first-order valence-corrected chi connectivity index (χ1v) is 4.68. The van der Waals surface area contributed by atoms with Gasteiger partial charge in [-0.15, -0.1) is 0 Å². The topological polar surface area (TPSA) is 38.7 Å². The van der Waals surface area contributed by atoms with E-state index >= 15 is 0 Å². The van der Waals surface area contributed by atoms with E-state index < -0.39 is 5.92 Å². The van der Waals surface area contributed by atoms with Gasteiger partial charge >= 0.3 is 0 Å². The Kier molecular flexibility index (Phi) is 3.70. The van der Waals surface area contributed by atoms with E-state index in [4.69, 9.17) is 14.6 Å². The Hall–Kier alpha value is -1.36. The van der Waals surface area contributed by atoms with Crippen molar-refractivity contribution in [2.75, 3.05) is 14.2 Å². The first kappa shape index (κ1) is 12.7. The van der Waals surface area contributed by atoms with Crippen molar-refractivity contribution in [1.82, 2.24) is 0 Å². The third kappa shape index (κ3) is 2.41. The molecule has 0 radical (unpaired) electrons. The molecule has 16 heavy (non-hydrogen) atoms. The SMILES string of the molecule is COc1cc(C(C)(F)F)cc(CO)c1OC. The van der Waals surface area contributed by atoms with Gasteiger partial charge in [-0.1, -0.05) is 0 Å². The molecule has 0 spiro atoms. The lowest BCUT2D eigenvalue weighted by Gasteiger charge is -2.17. The second kappa shape index (κ2) is 4.65. The van der Waals surface area contributed by atoms with Gasteiger partial charge in [-0.3, -0.25) is 0 Å². The van der Waals surface area contributed by atoms with Crippen molar-refractivity contribution >= 4 is 0 Å². The molecule has 90 valence electrons. The fourth-order valence-electron chi connectivity index (χ4n) is 1.41. The molecule has 0 amide bonds. The Morgan fingerprint density at radius 1 is 1.25 bits per heavy atom. The summed E-state index contributed by atoms with van der Waals surface area (Å²) in [6.07, 6.45) is 0. The summed E-state index contributed by atoms with van der Waals surface area (Å²) >= 11 is 0. The maximum absolute atomic E-state index is 13.1. The number of methoxy groups -OCH3 is 2. The highest BCUT2D eigenvalue weighted by Crippen LogP contribution is 2.38. The van der Waals surface area contributed by atoms with Crippen molar-refractivity contribution in [2.45, 2.75) is 19.5 Å². The van der Waals surface area contributed by atoms with E-state index in [2.05, 4.69) is 0 Å². The van der Waals surface area contributed by atoms with E-state index in [1.54, 1.807) is 0 Å². The predicted molar refractivity (Wildman–Crippen MR) is 55.0 cm³/mol. The highest BCUT2D eigenvalue weighted by molar-refractivity contribution is 5.50. The number of alkyl halides is 2. The average Bonchev–Trinajstić information content (AvgIpc) is 2.25. The molecule has 0 aliphatic carbocycles. The van der Waals surface area contributed by atoms with Crippen molar-refractivity contribution in [3.8, 4) is 11.5 Å². The van der Waals surface area contributed by atoms with Crippen molar-refractivity contribution in [3.05, 3.63) is 23.3 Å². The molecule has 0 atom stereocenters. The van der Waals surface area contributed by atoms with Gasteiger partial charge in [0.1, 0.15) is 0 Å². The molecular weight excluding hydrogens is 218 g/mol. The lowest BCUT2D eigenvalue weighted by Crippen LogP contribution is -2.09. The Bertz CT molecular complexity index is 347. The van der Waals surface area contributed by atoms with Gasteiger partial charge in [0.05, 0.1) is 20.8 Å². The van der Waals surface area contributed by atoms with Gasteiger partial charge in [-0.2, -0.15) is 0 Å². The number of ether oxygens (including phenoxy) is 2. The quantitative estimate of drug-likeness (QED) is 0.865. The number of hydrogen-bond donors (Lipinski definition) is 1. The molecule has 0 saturated heterocycles. The van der Waals surface area contributed by atoms with Crippen LogP contribution >= 0.6 is 0 Å². The van der Waals surface area contributed by atoms with Gasteiger partial charge in [-0.25, -0.2) is 8.78 Å². The van der Waals surface area contributed by atoms with Crippen molar-refractivity contribution in [1.29, 1.82) is 0 Å². The van der Waals surface area contributed by atoms with Crippen LogP contribution in [0.3, 0.4) is 0 Å². The van der Waals surface area contributed by atoms with E-state index in [0.717, 1.165) is 6.92 Å². The predicted octanol–water partition coefficient (Wildman–Crippen LogP) is 2.31. The first-order chi connectivity index (χ1) is 7.43. The lowest BCUT2D eigenvalue weighted by atomic mass is 10.0. The van der Waals surface area contributed by atoms with Crippen LogP contribution in [0.5, 0.6) is 11.5 Å². The third-order valence-electron chi connectivity index (χ3n) is 2.23. The maximum Gasteiger partial charge on any atom is 0.270 e. The smallest absolute Gasteiger partial charge is 0.270 e. The molecule has 0 fully saturated rings. The second-order valence-electron chi connectivity index (χ2n) is 3.42. The summed E-state index contributed by atoms with van der Waals surface area (Å²) in [4.78, 5) is 0. The van der Waals surface area contributed by atoms with E-state index in [0.29, 0.717) is 0 Å². The number of halogens is 2. The van der Waals surface area contributed by atoms with Gasteiger partial charge in [0, 0.05) is 18.1 Å². The zero-order valence-electron chi connectivity index (χ0n) is 9.38. The molecule has 0 aliphatic heterocycles. The highest BCUT2D eigenvalue weighted by Gasteiger charge is 2.27. The van der Waals surface area contributed by atoms with Gasteiger partial charge in [0.2, 0.25) is 0 Å². The van der Waals surface area contributed by atoms with Gasteiger partial charge in [-0.05, 0) is 12.1 Å². The zero-order chi connectivity index (χ0) is 12.3. The summed E-state index contributed by atoms with van der Waals surface area (Å²) in [5.41, 5.74) is 0.0626. The standard InChI is InChI=1S/C11H14F2O3/c1-11(12,13)8-4-7(6-14)10(16-3)9(5-8)15-2/h4-5,14H,6H2,1-3H3. The summed E-state index contributed by atoms with van der Waals surface area (Å²) in [6.45, 7) is 0.402. The number of aliphatic hydroxyl groups is 1. The number of hydrogen-bond acceptors (Lipinski definition) is 3. The summed E-state index contributed by atoms with van der Waals surface area (Å²) in [6, 6.07) is 2.42. The molecule has 1 aromatic rings. The van der Waals surface area contributed by atoms with Crippen molar-refractivity contribution in [2.24, 2.45) is 0 Å². The van der Waals surface area contributed by atoms with Gasteiger partial charge in [0.25, 0.3) is 5.92 Å². The van der Waals surface area contributed by atoms with E-state index in [9.17, 15) is 8.78 Å². The minimum absolute atomic E-state index is 0.186. The summed E-state index contributed by atoms with van der Waals surface area (Å²) in [5, 5.41) is 9.08. The van der Waals surface area contributed by atoms with Gasteiger partial charge < -0.3 is 14.6 Å². The van der Waals surface area contributed by atoms with Crippen LogP contribution in [-0.4, -0.2) is 19.3 Å². The van der Waals surface area contributed by atoms with Crippen LogP contribution in [0, 0.1) is 0 Å². The molecule has 1 N–H and O–H groups in total. The molecule has 0 aliphatic rings.